The highest BCUT2D eigenvalue weighted by molar-refractivity contribution is 8.00. The maximum Gasteiger partial charge on any atom is 0.230 e. The van der Waals surface area contributed by atoms with E-state index in [4.69, 9.17) is 18.9 Å². The summed E-state index contributed by atoms with van der Waals surface area (Å²) in [5.74, 6) is 3.07. The van der Waals surface area contributed by atoms with E-state index in [9.17, 15) is 4.79 Å². The monoisotopic (exact) mass is 375 g/mol. The Bertz CT molecular complexity index is 735. The zero-order valence-electron chi connectivity index (χ0n) is 14.7. The van der Waals surface area contributed by atoms with E-state index in [0.29, 0.717) is 37.0 Å². The molecule has 138 valence electrons. The molecular weight excluding hydrogens is 354 g/mol. The van der Waals surface area contributed by atoms with Crippen LogP contribution in [0.25, 0.3) is 0 Å². The zero-order valence-corrected chi connectivity index (χ0v) is 15.6. The van der Waals surface area contributed by atoms with Crippen LogP contribution in [0.4, 0.5) is 0 Å². The van der Waals surface area contributed by atoms with Gasteiger partial charge in [0.15, 0.2) is 23.0 Å². The number of amides is 1. The molecule has 6 nitrogen and oxygen atoms in total. The molecule has 0 atom stereocenters. The molecule has 1 heterocycles. The maximum absolute atomic E-state index is 12.1. The molecule has 0 unspecified atom stereocenters. The predicted octanol–water partition coefficient (Wildman–Crippen LogP) is 2.88. The molecule has 2 aromatic rings. The number of carbonyl (C=O) groups is 1. The number of carbonyl (C=O) groups excluding carboxylic acids is 1. The van der Waals surface area contributed by atoms with Crippen molar-refractivity contribution in [3.8, 4) is 23.0 Å². The largest absolute Gasteiger partial charge is 0.493 e. The molecule has 0 radical (unpaired) electrons. The van der Waals surface area contributed by atoms with E-state index < -0.39 is 0 Å². The van der Waals surface area contributed by atoms with Crippen LogP contribution in [0.15, 0.2) is 41.3 Å². The molecule has 0 aliphatic carbocycles. The van der Waals surface area contributed by atoms with Crippen molar-refractivity contribution >= 4 is 17.7 Å². The quantitative estimate of drug-likeness (QED) is 0.751. The van der Waals surface area contributed by atoms with Gasteiger partial charge in [0, 0.05) is 11.4 Å². The average molecular weight is 375 g/mol. The van der Waals surface area contributed by atoms with Gasteiger partial charge >= 0.3 is 0 Å². The number of rotatable bonds is 7. The Hall–Kier alpha value is -2.54. The molecule has 26 heavy (non-hydrogen) atoms. The third-order valence-electron chi connectivity index (χ3n) is 3.82. The van der Waals surface area contributed by atoms with Crippen LogP contribution < -0.4 is 24.3 Å². The normalized spacial score (nSPS) is 12.4. The number of nitrogens with one attached hydrogen (secondary N) is 1. The zero-order chi connectivity index (χ0) is 18.4. The summed E-state index contributed by atoms with van der Waals surface area (Å²) in [5.41, 5.74) is 0.945. The van der Waals surface area contributed by atoms with Crippen LogP contribution in [-0.2, 0) is 11.3 Å². The minimum absolute atomic E-state index is 0.0420. The Morgan fingerprint density at radius 1 is 1.04 bits per heavy atom. The van der Waals surface area contributed by atoms with Gasteiger partial charge < -0.3 is 24.3 Å². The highest BCUT2D eigenvalue weighted by atomic mass is 32.2. The highest BCUT2D eigenvalue weighted by Gasteiger charge is 2.13. The van der Waals surface area contributed by atoms with Gasteiger partial charge in [0.25, 0.3) is 0 Å². The van der Waals surface area contributed by atoms with Crippen LogP contribution in [0.5, 0.6) is 23.0 Å². The van der Waals surface area contributed by atoms with Crippen LogP contribution in [0.1, 0.15) is 5.56 Å². The summed E-state index contributed by atoms with van der Waals surface area (Å²) in [6, 6.07) is 11.3. The third kappa shape index (κ3) is 4.54. The van der Waals surface area contributed by atoms with Crippen molar-refractivity contribution in [2.75, 3.05) is 33.2 Å². The van der Waals surface area contributed by atoms with Crippen LogP contribution >= 0.6 is 11.8 Å². The number of ether oxygens (including phenoxy) is 4. The lowest BCUT2D eigenvalue weighted by Crippen LogP contribution is -2.24. The van der Waals surface area contributed by atoms with Gasteiger partial charge in [0.1, 0.15) is 13.2 Å². The summed E-state index contributed by atoms with van der Waals surface area (Å²) in [6.07, 6.45) is 0. The van der Waals surface area contributed by atoms with Crippen molar-refractivity contribution in [2.45, 2.75) is 11.4 Å². The van der Waals surface area contributed by atoms with Crippen molar-refractivity contribution in [3.63, 3.8) is 0 Å². The number of hydrogen-bond acceptors (Lipinski definition) is 6. The lowest BCUT2D eigenvalue weighted by Gasteiger charge is -2.18. The van der Waals surface area contributed by atoms with E-state index in [1.54, 1.807) is 14.2 Å². The number of fused-ring (bicyclic) bond motifs is 1. The number of thioether (sulfide) groups is 1. The Kier molecular flexibility index (Phi) is 6.12. The van der Waals surface area contributed by atoms with E-state index >= 15 is 0 Å². The highest BCUT2D eigenvalue weighted by Crippen LogP contribution is 2.34. The first kappa shape index (κ1) is 18.3. The van der Waals surface area contributed by atoms with Crippen molar-refractivity contribution in [1.29, 1.82) is 0 Å². The van der Waals surface area contributed by atoms with Crippen molar-refractivity contribution in [1.82, 2.24) is 5.32 Å². The third-order valence-corrected chi connectivity index (χ3v) is 4.81. The van der Waals surface area contributed by atoms with Crippen LogP contribution in [-0.4, -0.2) is 39.1 Å². The SMILES string of the molecule is COc1ccc(CNC(=O)CSc2ccc3c(c2)OCCO3)cc1OC. The Morgan fingerprint density at radius 3 is 2.58 bits per heavy atom. The van der Waals surface area contributed by atoms with Gasteiger partial charge in [-0.1, -0.05) is 6.07 Å². The predicted molar refractivity (Wildman–Crippen MR) is 99.5 cm³/mol. The summed E-state index contributed by atoms with van der Waals surface area (Å²) in [7, 11) is 3.18. The van der Waals surface area contributed by atoms with E-state index in [1.165, 1.54) is 11.8 Å². The lowest BCUT2D eigenvalue weighted by atomic mass is 10.2. The summed E-state index contributed by atoms with van der Waals surface area (Å²) in [5, 5.41) is 2.91. The summed E-state index contributed by atoms with van der Waals surface area (Å²) >= 11 is 1.46. The molecule has 1 N–H and O–H groups in total. The topological polar surface area (TPSA) is 66.0 Å². The molecule has 1 aliphatic rings. The van der Waals surface area contributed by atoms with E-state index in [0.717, 1.165) is 22.0 Å². The van der Waals surface area contributed by atoms with Gasteiger partial charge in [-0.05, 0) is 35.9 Å². The minimum atomic E-state index is -0.0420. The van der Waals surface area contributed by atoms with Gasteiger partial charge in [-0.3, -0.25) is 4.79 Å². The number of benzene rings is 2. The summed E-state index contributed by atoms with van der Waals surface area (Å²) in [6.45, 7) is 1.55. The molecule has 0 spiro atoms. The molecule has 0 aromatic heterocycles. The van der Waals surface area contributed by atoms with Crippen LogP contribution in [0, 0.1) is 0 Å². The molecule has 1 aliphatic heterocycles. The second-order valence-corrected chi connectivity index (χ2v) is 6.61. The molecule has 7 heteroatoms. The molecule has 2 aromatic carbocycles. The second-order valence-electron chi connectivity index (χ2n) is 5.56. The second kappa shape index (κ2) is 8.71. The lowest BCUT2D eigenvalue weighted by molar-refractivity contribution is -0.118. The molecular formula is C19H21NO5S. The summed E-state index contributed by atoms with van der Waals surface area (Å²) in [4.78, 5) is 13.1. The summed E-state index contributed by atoms with van der Waals surface area (Å²) < 4.78 is 21.5. The maximum atomic E-state index is 12.1. The number of hydrogen-bond donors (Lipinski definition) is 1. The first-order valence-electron chi connectivity index (χ1n) is 8.19. The van der Waals surface area contributed by atoms with Gasteiger partial charge in [0.2, 0.25) is 5.91 Å². The number of methoxy groups -OCH3 is 2. The fourth-order valence-electron chi connectivity index (χ4n) is 2.50. The van der Waals surface area contributed by atoms with Gasteiger partial charge in [-0.2, -0.15) is 0 Å². The van der Waals surface area contributed by atoms with Gasteiger partial charge in [-0.25, -0.2) is 0 Å². The Balaban J connectivity index is 1.50. The first-order valence-corrected chi connectivity index (χ1v) is 9.18. The molecule has 3 rings (SSSR count). The standard InChI is InChI=1S/C19H21NO5S/c1-22-15-5-3-13(9-17(15)23-2)11-20-19(21)12-26-14-4-6-16-18(10-14)25-8-7-24-16/h3-6,9-10H,7-8,11-12H2,1-2H3,(H,20,21). The molecule has 1 amide bonds. The smallest absolute Gasteiger partial charge is 0.230 e. The Morgan fingerprint density at radius 2 is 1.81 bits per heavy atom. The molecule has 0 saturated carbocycles. The van der Waals surface area contributed by atoms with E-state index in [-0.39, 0.29) is 5.91 Å². The van der Waals surface area contributed by atoms with Gasteiger partial charge in [-0.15, -0.1) is 11.8 Å². The minimum Gasteiger partial charge on any atom is -0.493 e. The fourth-order valence-corrected chi connectivity index (χ4v) is 3.26. The Labute approximate surface area is 156 Å². The van der Waals surface area contributed by atoms with Gasteiger partial charge in [0.05, 0.1) is 20.0 Å². The van der Waals surface area contributed by atoms with Crippen LogP contribution in [0.3, 0.4) is 0 Å². The van der Waals surface area contributed by atoms with Crippen molar-refractivity contribution < 1.29 is 23.7 Å². The average Bonchev–Trinajstić information content (AvgIpc) is 2.70. The molecule has 0 bridgehead atoms. The first-order chi connectivity index (χ1) is 12.7. The molecule has 0 saturated heterocycles. The van der Waals surface area contributed by atoms with E-state index in [1.807, 2.05) is 36.4 Å². The van der Waals surface area contributed by atoms with Crippen molar-refractivity contribution in [3.05, 3.63) is 42.0 Å². The van der Waals surface area contributed by atoms with Crippen molar-refractivity contribution in [2.24, 2.45) is 0 Å². The van der Waals surface area contributed by atoms with Crippen LogP contribution in [0.2, 0.25) is 0 Å². The molecule has 0 fully saturated rings. The fraction of sp³-hybridized carbons (Fsp3) is 0.316. The van der Waals surface area contributed by atoms with E-state index in [2.05, 4.69) is 5.32 Å².